The molecule has 2 amide bonds. The average molecular weight is 592 g/mol. The van der Waals surface area contributed by atoms with Crippen LogP contribution >= 0.6 is 11.8 Å². The van der Waals surface area contributed by atoms with Crippen LogP contribution in [0.25, 0.3) is 0 Å². The Morgan fingerprint density at radius 3 is 2.31 bits per heavy atom. The number of carbonyl (C=O) groups is 3. The van der Waals surface area contributed by atoms with Crippen LogP contribution in [0, 0.1) is 0 Å². The fraction of sp³-hybridized carbons (Fsp3) is 0.290. The molecule has 10 nitrogen and oxygen atoms in total. The van der Waals surface area contributed by atoms with Crippen molar-refractivity contribution in [3.8, 4) is 17.2 Å². The number of amidine groups is 1. The Balaban J connectivity index is 1.56. The number of esters is 1. The number of methoxy groups -OCH3 is 3. The standard InChI is InChI=1S/C31H33N3O7S/c1-5-41-30(37)21-7-9-23(10-8-21)33-31-34(17-16-20-6-15-25(39-3)26(18-20)40-4)28(35)19-27(42-31)29(36)32-22-11-13-24(38-2)14-12-22/h6-15,18,27H,5,16-17,19H2,1-4H3,(H,32,36)/t27-/m0/s1. The predicted molar refractivity (Wildman–Crippen MR) is 162 cm³/mol. The Kier molecular flexibility index (Phi) is 10.4. The van der Waals surface area contributed by atoms with Gasteiger partial charge in [-0.15, -0.1) is 0 Å². The maximum Gasteiger partial charge on any atom is 0.338 e. The topological polar surface area (TPSA) is 116 Å². The third kappa shape index (κ3) is 7.61. The molecule has 1 heterocycles. The van der Waals surface area contributed by atoms with Crippen molar-refractivity contribution in [3.05, 3.63) is 77.9 Å². The number of thioether (sulfide) groups is 1. The van der Waals surface area contributed by atoms with Crippen molar-refractivity contribution in [2.75, 3.05) is 39.8 Å². The van der Waals surface area contributed by atoms with Gasteiger partial charge in [-0.1, -0.05) is 17.8 Å². The van der Waals surface area contributed by atoms with E-state index in [2.05, 4.69) is 5.32 Å². The maximum absolute atomic E-state index is 13.4. The van der Waals surface area contributed by atoms with E-state index in [-0.39, 0.29) is 24.8 Å². The summed E-state index contributed by atoms with van der Waals surface area (Å²) in [4.78, 5) is 45.0. The van der Waals surface area contributed by atoms with E-state index in [1.807, 2.05) is 18.2 Å². The average Bonchev–Trinajstić information content (AvgIpc) is 3.01. The number of hydrogen-bond donors (Lipinski definition) is 1. The van der Waals surface area contributed by atoms with Gasteiger partial charge in [-0.2, -0.15) is 0 Å². The first-order valence-electron chi connectivity index (χ1n) is 13.3. The number of ether oxygens (including phenoxy) is 4. The van der Waals surface area contributed by atoms with Crippen LogP contribution in [-0.4, -0.2) is 67.6 Å². The smallest absolute Gasteiger partial charge is 0.338 e. The summed E-state index contributed by atoms with van der Waals surface area (Å²) >= 11 is 1.22. The van der Waals surface area contributed by atoms with E-state index in [1.54, 1.807) is 81.7 Å². The summed E-state index contributed by atoms with van der Waals surface area (Å²) in [6.45, 7) is 2.36. The molecular weight excluding hydrogens is 558 g/mol. The minimum atomic E-state index is -0.686. The number of hydrogen-bond acceptors (Lipinski definition) is 9. The third-order valence-corrected chi connectivity index (χ3v) is 7.65. The molecule has 0 spiro atoms. The first-order valence-corrected chi connectivity index (χ1v) is 14.2. The second kappa shape index (κ2) is 14.4. The molecule has 1 aliphatic heterocycles. The Labute approximate surface area is 249 Å². The quantitative estimate of drug-likeness (QED) is 0.307. The van der Waals surface area contributed by atoms with Gasteiger partial charge in [0.25, 0.3) is 0 Å². The molecule has 3 aromatic rings. The molecule has 4 rings (SSSR count). The van der Waals surface area contributed by atoms with Crippen molar-refractivity contribution < 1.29 is 33.3 Å². The van der Waals surface area contributed by atoms with Gasteiger partial charge in [0.05, 0.1) is 39.2 Å². The van der Waals surface area contributed by atoms with E-state index in [9.17, 15) is 14.4 Å². The lowest BCUT2D eigenvalue weighted by Gasteiger charge is -2.32. The maximum atomic E-state index is 13.4. The lowest BCUT2D eigenvalue weighted by Crippen LogP contribution is -2.46. The van der Waals surface area contributed by atoms with E-state index in [1.165, 1.54) is 11.8 Å². The van der Waals surface area contributed by atoms with E-state index in [0.29, 0.717) is 52.3 Å². The van der Waals surface area contributed by atoms with Crippen LogP contribution in [0.4, 0.5) is 11.4 Å². The number of nitrogens with zero attached hydrogens (tertiary/aromatic N) is 2. The number of benzene rings is 3. The summed E-state index contributed by atoms with van der Waals surface area (Å²) in [5.41, 5.74) is 2.47. The summed E-state index contributed by atoms with van der Waals surface area (Å²) in [5.74, 6) is 0.939. The van der Waals surface area contributed by atoms with E-state index < -0.39 is 11.2 Å². The van der Waals surface area contributed by atoms with Crippen LogP contribution in [0.15, 0.2) is 71.7 Å². The van der Waals surface area contributed by atoms with E-state index in [0.717, 1.165) is 5.56 Å². The lowest BCUT2D eigenvalue weighted by molar-refractivity contribution is -0.129. The van der Waals surface area contributed by atoms with Gasteiger partial charge in [0, 0.05) is 18.7 Å². The normalized spacial score (nSPS) is 15.7. The molecule has 220 valence electrons. The molecule has 1 atom stereocenters. The largest absolute Gasteiger partial charge is 0.497 e. The van der Waals surface area contributed by atoms with Crippen LogP contribution in [0.1, 0.15) is 29.3 Å². The van der Waals surface area contributed by atoms with Gasteiger partial charge in [0.2, 0.25) is 11.8 Å². The lowest BCUT2D eigenvalue weighted by atomic mass is 10.1. The molecule has 42 heavy (non-hydrogen) atoms. The zero-order valence-corrected chi connectivity index (χ0v) is 24.7. The van der Waals surface area contributed by atoms with Crippen LogP contribution in [0.3, 0.4) is 0 Å². The van der Waals surface area contributed by atoms with Gasteiger partial charge >= 0.3 is 5.97 Å². The molecule has 11 heteroatoms. The van der Waals surface area contributed by atoms with E-state index in [4.69, 9.17) is 23.9 Å². The summed E-state index contributed by atoms with van der Waals surface area (Å²) in [5, 5.41) is 2.59. The molecule has 0 aromatic heterocycles. The summed E-state index contributed by atoms with van der Waals surface area (Å²) in [6.07, 6.45) is 0.537. The zero-order valence-electron chi connectivity index (χ0n) is 23.9. The number of nitrogens with one attached hydrogen (secondary N) is 1. The van der Waals surface area contributed by atoms with E-state index >= 15 is 0 Å². The van der Waals surface area contributed by atoms with Crippen LogP contribution in [0.2, 0.25) is 0 Å². The highest BCUT2D eigenvalue weighted by molar-refractivity contribution is 8.15. The van der Waals surface area contributed by atoms with Crippen molar-refractivity contribution in [1.29, 1.82) is 0 Å². The fourth-order valence-electron chi connectivity index (χ4n) is 4.23. The van der Waals surface area contributed by atoms with Gasteiger partial charge in [0.15, 0.2) is 16.7 Å². The number of amides is 2. The van der Waals surface area contributed by atoms with Gasteiger partial charge in [-0.25, -0.2) is 9.79 Å². The van der Waals surface area contributed by atoms with Gasteiger partial charge < -0.3 is 24.3 Å². The zero-order chi connectivity index (χ0) is 30.1. The number of aliphatic imine (C=N–C) groups is 1. The van der Waals surface area contributed by atoms with Crippen molar-refractivity contribution in [2.24, 2.45) is 4.99 Å². The molecule has 1 fully saturated rings. The number of carbonyl (C=O) groups excluding carboxylic acids is 3. The molecule has 1 aliphatic rings. The summed E-state index contributed by atoms with van der Waals surface area (Å²) in [6, 6.07) is 19.2. The van der Waals surface area contributed by atoms with Crippen LogP contribution in [0.5, 0.6) is 17.2 Å². The molecule has 0 aliphatic carbocycles. The van der Waals surface area contributed by atoms with Gasteiger partial charge in [0.1, 0.15) is 11.0 Å². The Morgan fingerprint density at radius 2 is 1.67 bits per heavy atom. The van der Waals surface area contributed by atoms with Crippen LogP contribution in [-0.2, 0) is 20.7 Å². The second-order valence-corrected chi connectivity index (χ2v) is 10.3. The predicted octanol–water partition coefficient (Wildman–Crippen LogP) is 5.09. The van der Waals surface area contributed by atoms with Crippen molar-refractivity contribution in [2.45, 2.75) is 25.0 Å². The third-order valence-electron chi connectivity index (χ3n) is 6.46. The van der Waals surface area contributed by atoms with Gasteiger partial charge in [-0.05, 0) is 79.6 Å². The molecule has 3 aromatic carbocycles. The Bertz CT molecular complexity index is 1440. The molecule has 0 radical (unpaired) electrons. The molecule has 1 saturated heterocycles. The highest BCUT2D eigenvalue weighted by atomic mass is 32.2. The number of anilines is 1. The molecule has 1 N–H and O–H groups in total. The van der Waals surface area contributed by atoms with Crippen molar-refractivity contribution in [1.82, 2.24) is 4.90 Å². The minimum Gasteiger partial charge on any atom is -0.497 e. The monoisotopic (exact) mass is 591 g/mol. The first-order chi connectivity index (χ1) is 20.3. The summed E-state index contributed by atoms with van der Waals surface area (Å²) in [7, 11) is 4.71. The fourth-order valence-corrected chi connectivity index (χ4v) is 5.36. The highest BCUT2D eigenvalue weighted by Crippen LogP contribution is 2.32. The molecule has 0 saturated carbocycles. The van der Waals surface area contributed by atoms with Crippen molar-refractivity contribution >= 4 is 46.1 Å². The number of rotatable bonds is 11. The summed E-state index contributed by atoms with van der Waals surface area (Å²) < 4.78 is 21.0. The second-order valence-electron chi connectivity index (χ2n) is 9.17. The van der Waals surface area contributed by atoms with Crippen molar-refractivity contribution in [3.63, 3.8) is 0 Å². The Hall–Kier alpha value is -4.51. The molecular formula is C31H33N3O7S. The first kappa shape index (κ1) is 30.4. The van der Waals surface area contributed by atoms with Gasteiger partial charge in [-0.3, -0.25) is 14.5 Å². The Morgan fingerprint density at radius 1 is 0.952 bits per heavy atom. The molecule has 0 bridgehead atoms. The molecule has 0 unspecified atom stereocenters. The van der Waals surface area contributed by atoms with Crippen LogP contribution < -0.4 is 19.5 Å². The highest BCUT2D eigenvalue weighted by Gasteiger charge is 2.36. The minimum absolute atomic E-state index is 0.0133. The SMILES string of the molecule is CCOC(=O)c1ccc(N=C2S[C@H](C(=O)Nc3ccc(OC)cc3)CC(=O)N2CCc2ccc(OC)c(OC)c2)cc1.